The second-order valence-corrected chi connectivity index (χ2v) is 7.03. The van der Waals surface area contributed by atoms with Gasteiger partial charge in [-0.05, 0) is 47.2 Å². The van der Waals surface area contributed by atoms with E-state index in [-0.39, 0.29) is 5.78 Å². The molecule has 0 aliphatic carbocycles. The molecule has 2 heterocycles. The van der Waals surface area contributed by atoms with Crippen molar-refractivity contribution < 1.29 is 4.79 Å². The van der Waals surface area contributed by atoms with Crippen LogP contribution in [0, 0.1) is 9.81 Å². The molecule has 0 fully saturated rings. The number of nitrogens with one attached hydrogen (secondary N) is 1. The van der Waals surface area contributed by atoms with Crippen LogP contribution >= 0.6 is 33.9 Å². The van der Waals surface area contributed by atoms with Gasteiger partial charge in [-0.15, -0.1) is 11.3 Å². The van der Waals surface area contributed by atoms with Gasteiger partial charge in [0.15, 0.2) is 5.78 Å². The second kappa shape index (κ2) is 4.51. The minimum Gasteiger partial charge on any atom is -0.360 e. The van der Waals surface area contributed by atoms with Crippen molar-refractivity contribution in [2.45, 2.75) is 6.92 Å². The summed E-state index contributed by atoms with van der Waals surface area (Å²) in [7, 11) is 0. The van der Waals surface area contributed by atoms with Crippen molar-refractivity contribution >= 4 is 50.6 Å². The molecule has 0 amide bonds. The summed E-state index contributed by atoms with van der Waals surface area (Å²) in [6.45, 7) is 2.04. The van der Waals surface area contributed by atoms with Crippen LogP contribution in [-0.2, 0) is 0 Å². The van der Waals surface area contributed by atoms with Crippen LogP contribution in [0.1, 0.15) is 21.5 Å². The van der Waals surface area contributed by atoms with Gasteiger partial charge in [0.25, 0.3) is 0 Å². The first-order valence-electron chi connectivity index (χ1n) is 5.51. The number of hydrogen-bond acceptors (Lipinski definition) is 2. The highest BCUT2D eigenvalue weighted by atomic mass is 127. The van der Waals surface area contributed by atoms with Gasteiger partial charge in [-0.25, -0.2) is 0 Å². The molecule has 0 aliphatic rings. The van der Waals surface area contributed by atoms with E-state index in [1.807, 2.05) is 30.5 Å². The van der Waals surface area contributed by atoms with Gasteiger partial charge >= 0.3 is 0 Å². The van der Waals surface area contributed by atoms with Crippen LogP contribution in [0.5, 0.6) is 0 Å². The average Bonchev–Trinajstić information content (AvgIpc) is 2.94. The van der Waals surface area contributed by atoms with Gasteiger partial charge in [-0.1, -0.05) is 12.1 Å². The molecule has 0 atom stereocenters. The number of thiophene rings is 1. The number of carbonyl (C=O) groups is 1. The number of aromatic amines is 1. The molecule has 1 N–H and O–H groups in total. The van der Waals surface area contributed by atoms with Gasteiger partial charge in [-0.3, -0.25) is 4.79 Å². The molecule has 3 rings (SSSR count). The van der Waals surface area contributed by atoms with E-state index in [2.05, 4.69) is 33.6 Å². The Morgan fingerprint density at radius 1 is 1.33 bits per heavy atom. The van der Waals surface area contributed by atoms with Gasteiger partial charge in [0.05, 0.1) is 2.88 Å². The molecule has 0 saturated carbocycles. The maximum absolute atomic E-state index is 12.4. The number of aromatic nitrogens is 1. The Morgan fingerprint density at radius 2 is 2.17 bits per heavy atom. The largest absolute Gasteiger partial charge is 0.360 e. The van der Waals surface area contributed by atoms with Crippen molar-refractivity contribution in [3.63, 3.8) is 0 Å². The summed E-state index contributed by atoms with van der Waals surface area (Å²) >= 11 is 3.83. The number of halogens is 1. The van der Waals surface area contributed by atoms with E-state index in [1.54, 1.807) is 17.5 Å². The van der Waals surface area contributed by atoms with E-state index in [4.69, 9.17) is 0 Å². The lowest BCUT2D eigenvalue weighted by Crippen LogP contribution is -1.98. The predicted molar refractivity (Wildman–Crippen MR) is 83.5 cm³/mol. The smallest absolute Gasteiger partial charge is 0.196 e. The number of aryl methyl sites for hydroxylation is 1. The Labute approximate surface area is 122 Å². The normalized spacial score (nSPS) is 11.0. The fourth-order valence-corrected chi connectivity index (χ4v) is 3.34. The standard InChI is InChI=1S/C14H10INOS/c1-8-2-3-10-11(6-16-12(10)4-8)14(17)9-5-13(15)18-7-9/h2-7,16H,1H3. The average molecular weight is 367 g/mol. The molecule has 0 spiro atoms. The van der Waals surface area contributed by atoms with Gasteiger partial charge in [0.1, 0.15) is 0 Å². The molecule has 3 aromatic rings. The van der Waals surface area contributed by atoms with Gasteiger partial charge < -0.3 is 4.98 Å². The van der Waals surface area contributed by atoms with E-state index in [9.17, 15) is 4.79 Å². The summed E-state index contributed by atoms with van der Waals surface area (Å²) in [4.78, 5) is 15.6. The molecule has 0 bridgehead atoms. The third-order valence-corrected chi connectivity index (χ3v) is 4.70. The number of H-pyrrole nitrogens is 1. The number of rotatable bonds is 2. The topological polar surface area (TPSA) is 32.9 Å². The summed E-state index contributed by atoms with van der Waals surface area (Å²) < 4.78 is 1.13. The number of ketones is 1. The maximum atomic E-state index is 12.4. The first-order valence-corrected chi connectivity index (χ1v) is 7.47. The molecular formula is C14H10INOS. The highest BCUT2D eigenvalue weighted by Crippen LogP contribution is 2.24. The molecular weight excluding hydrogens is 357 g/mol. The third-order valence-electron chi connectivity index (χ3n) is 2.91. The van der Waals surface area contributed by atoms with Gasteiger partial charge in [0.2, 0.25) is 0 Å². The third kappa shape index (κ3) is 1.99. The van der Waals surface area contributed by atoms with Gasteiger partial charge in [-0.2, -0.15) is 0 Å². The van der Waals surface area contributed by atoms with Crippen LogP contribution in [0.25, 0.3) is 10.9 Å². The summed E-state index contributed by atoms with van der Waals surface area (Å²) in [5.74, 6) is 0.0873. The van der Waals surface area contributed by atoms with E-state index < -0.39 is 0 Å². The molecule has 2 aromatic heterocycles. The van der Waals surface area contributed by atoms with Crippen LogP contribution in [0.3, 0.4) is 0 Å². The quantitative estimate of drug-likeness (QED) is 0.530. The SMILES string of the molecule is Cc1ccc2c(C(=O)c3csc(I)c3)c[nH]c2c1. The first-order chi connectivity index (χ1) is 8.65. The predicted octanol–water partition coefficient (Wildman–Crippen LogP) is 4.37. The molecule has 0 radical (unpaired) electrons. The molecule has 0 aliphatic heterocycles. The van der Waals surface area contributed by atoms with Gasteiger partial charge in [0, 0.05) is 33.6 Å². The lowest BCUT2D eigenvalue weighted by Gasteiger charge is -1.97. The Bertz CT molecular complexity index is 741. The van der Waals surface area contributed by atoms with E-state index in [1.165, 1.54) is 5.56 Å². The zero-order valence-corrected chi connectivity index (χ0v) is 12.6. The van der Waals surface area contributed by atoms with Crippen molar-refractivity contribution in [3.05, 3.63) is 55.4 Å². The summed E-state index contributed by atoms with van der Waals surface area (Å²) in [5.41, 5.74) is 3.72. The van der Waals surface area contributed by atoms with Crippen LogP contribution in [-0.4, -0.2) is 10.8 Å². The van der Waals surface area contributed by atoms with E-state index in [0.717, 1.165) is 24.9 Å². The Kier molecular flexibility index (Phi) is 2.99. The fourth-order valence-electron chi connectivity index (χ4n) is 2.01. The molecule has 0 saturated heterocycles. The summed E-state index contributed by atoms with van der Waals surface area (Å²) in [5, 5.41) is 2.91. The highest BCUT2D eigenvalue weighted by Gasteiger charge is 2.15. The zero-order chi connectivity index (χ0) is 12.7. The molecule has 4 heteroatoms. The van der Waals surface area contributed by atoms with E-state index >= 15 is 0 Å². The number of carbonyl (C=O) groups excluding carboxylic acids is 1. The number of fused-ring (bicyclic) bond motifs is 1. The molecule has 2 nitrogen and oxygen atoms in total. The second-order valence-electron chi connectivity index (χ2n) is 4.22. The molecule has 0 unspecified atom stereocenters. The Balaban J connectivity index is 2.12. The van der Waals surface area contributed by atoms with Crippen molar-refractivity contribution in [2.75, 3.05) is 0 Å². The summed E-state index contributed by atoms with van der Waals surface area (Å²) in [6.07, 6.45) is 1.80. The van der Waals surface area contributed by atoms with Crippen LogP contribution < -0.4 is 0 Å². The maximum Gasteiger partial charge on any atom is 0.196 e. The minimum absolute atomic E-state index is 0.0873. The molecule has 90 valence electrons. The zero-order valence-electron chi connectivity index (χ0n) is 9.66. The van der Waals surface area contributed by atoms with Crippen molar-refractivity contribution in [1.29, 1.82) is 0 Å². The van der Waals surface area contributed by atoms with Crippen LogP contribution in [0.2, 0.25) is 0 Å². The van der Waals surface area contributed by atoms with Crippen LogP contribution in [0.4, 0.5) is 0 Å². The van der Waals surface area contributed by atoms with E-state index in [0.29, 0.717) is 0 Å². The fraction of sp³-hybridized carbons (Fsp3) is 0.0714. The Hall–Kier alpha value is -1.14. The molecule has 18 heavy (non-hydrogen) atoms. The molecule has 1 aromatic carbocycles. The van der Waals surface area contributed by atoms with Crippen molar-refractivity contribution in [1.82, 2.24) is 4.98 Å². The highest BCUT2D eigenvalue weighted by molar-refractivity contribution is 14.1. The number of benzene rings is 1. The lowest BCUT2D eigenvalue weighted by molar-refractivity contribution is 0.104. The van der Waals surface area contributed by atoms with Crippen molar-refractivity contribution in [2.24, 2.45) is 0 Å². The monoisotopic (exact) mass is 367 g/mol. The van der Waals surface area contributed by atoms with Crippen LogP contribution in [0.15, 0.2) is 35.8 Å². The Morgan fingerprint density at radius 3 is 2.89 bits per heavy atom. The lowest BCUT2D eigenvalue weighted by atomic mass is 10.0. The minimum atomic E-state index is 0.0873. The first kappa shape index (κ1) is 11.9. The number of hydrogen-bond donors (Lipinski definition) is 1. The van der Waals surface area contributed by atoms with Crippen molar-refractivity contribution in [3.8, 4) is 0 Å². The summed E-state index contributed by atoms with van der Waals surface area (Å²) in [6, 6.07) is 8.03.